The zero-order chi connectivity index (χ0) is 16.0. The molecule has 0 saturated carbocycles. The first-order valence-electron chi connectivity index (χ1n) is 6.64. The highest BCUT2D eigenvalue weighted by Crippen LogP contribution is 2.22. The summed E-state index contributed by atoms with van der Waals surface area (Å²) in [4.78, 5) is 27.1. The van der Waals surface area contributed by atoms with Crippen LogP contribution < -0.4 is 5.32 Å². The number of carboxylic acids is 1. The number of nitrogens with one attached hydrogen (secondary N) is 1. The number of pyridine rings is 1. The summed E-state index contributed by atoms with van der Waals surface area (Å²) in [6.07, 6.45) is 1.91. The minimum absolute atomic E-state index is 0.0946. The normalized spacial score (nSPS) is 10.9. The topological polar surface area (TPSA) is 109 Å². The summed E-state index contributed by atoms with van der Waals surface area (Å²) in [5.41, 5.74) is -0.529. The zero-order valence-electron chi connectivity index (χ0n) is 12.4. The molecular weight excluding hydrogens is 276 g/mol. The Hall–Kier alpha value is -2.22. The van der Waals surface area contributed by atoms with Crippen molar-refractivity contribution in [1.29, 1.82) is 0 Å². The summed E-state index contributed by atoms with van der Waals surface area (Å²) >= 11 is 0. The van der Waals surface area contributed by atoms with Gasteiger partial charge in [-0.3, -0.25) is 10.1 Å². The van der Waals surface area contributed by atoms with E-state index in [1.165, 1.54) is 0 Å². The third-order valence-corrected chi connectivity index (χ3v) is 3.17. The third kappa shape index (κ3) is 4.99. The van der Waals surface area contributed by atoms with Crippen molar-refractivity contribution in [2.24, 2.45) is 0 Å². The van der Waals surface area contributed by atoms with Crippen molar-refractivity contribution < 1.29 is 14.8 Å². The first-order valence-corrected chi connectivity index (χ1v) is 6.64. The molecule has 0 aliphatic rings. The van der Waals surface area contributed by atoms with E-state index in [2.05, 4.69) is 29.0 Å². The van der Waals surface area contributed by atoms with Crippen LogP contribution in [0.5, 0.6) is 0 Å². The van der Waals surface area contributed by atoms with Crippen LogP contribution in [0.15, 0.2) is 12.3 Å². The van der Waals surface area contributed by atoms with Gasteiger partial charge in [-0.1, -0.05) is 0 Å². The number of carbonyl (C=O) groups is 1. The van der Waals surface area contributed by atoms with Gasteiger partial charge < -0.3 is 15.3 Å². The van der Waals surface area contributed by atoms with E-state index >= 15 is 0 Å². The smallest absolute Gasteiger partial charge is 0.337 e. The van der Waals surface area contributed by atoms with Gasteiger partial charge in [0.2, 0.25) is 5.82 Å². The second-order valence-corrected chi connectivity index (χ2v) is 5.01. The van der Waals surface area contributed by atoms with Crippen molar-refractivity contribution in [2.45, 2.75) is 26.3 Å². The Morgan fingerprint density at radius 1 is 1.57 bits per heavy atom. The van der Waals surface area contributed by atoms with Gasteiger partial charge in [-0.2, -0.15) is 0 Å². The van der Waals surface area contributed by atoms with Gasteiger partial charge in [0.25, 0.3) is 0 Å². The van der Waals surface area contributed by atoms with E-state index in [1.807, 2.05) is 7.05 Å². The number of nitro groups is 1. The molecule has 1 aromatic heterocycles. The molecule has 0 spiro atoms. The monoisotopic (exact) mass is 296 g/mol. The Labute approximate surface area is 122 Å². The Kier molecular flexibility index (Phi) is 6.04. The number of nitrogens with zero attached hydrogens (tertiary/aromatic N) is 3. The van der Waals surface area contributed by atoms with Gasteiger partial charge in [0.1, 0.15) is 0 Å². The van der Waals surface area contributed by atoms with Gasteiger partial charge in [0.15, 0.2) is 0 Å². The lowest BCUT2D eigenvalue weighted by molar-refractivity contribution is -0.384. The molecule has 0 saturated heterocycles. The number of aromatic carboxylic acids is 1. The summed E-state index contributed by atoms with van der Waals surface area (Å²) in [6.45, 7) is 5.55. The maximum atomic E-state index is 11.0. The van der Waals surface area contributed by atoms with Crippen LogP contribution in [-0.4, -0.2) is 52.1 Å². The average Bonchev–Trinajstić information content (AvgIpc) is 2.42. The van der Waals surface area contributed by atoms with Gasteiger partial charge in [-0.15, -0.1) is 0 Å². The summed E-state index contributed by atoms with van der Waals surface area (Å²) in [7, 11) is 2.01. The molecule has 1 aromatic rings. The molecule has 2 N–H and O–H groups in total. The van der Waals surface area contributed by atoms with Crippen LogP contribution in [0.1, 0.15) is 30.6 Å². The molecular formula is C13H20N4O4. The van der Waals surface area contributed by atoms with Crippen molar-refractivity contribution >= 4 is 17.5 Å². The SMILES string of the molecule is CC(C)N(C)CCCNc1ncc(C(=O)O)cc1[N+](=O)[O-]. The van der Waals surface area contributed by atoms with Crippen molar-refractivity contribution in [3.8, 4) is 0 Å². The van der Waals surface area contributed by atoms with Gasteiger partial charge in [0, 0.05) is 24.8 Å². The number of rotatable bonds is 8. The maximum Gasteiger partial charge on any atom is 0.337 e. The molecule has 1 heterocycles. The fourth-order valence-electron chi connectivity index (χ4n) is 1.64. The molecule has 0 aliphatic heterocycles. The number of carboxylic acid groups (broad SMARTS) is 1. The fourth-order valence-corrected chi connectivity index (χ4v) is 1.64. The molecule has 116 valence electrons. The Bertz CT molecular complexity index is 519. The molecule has 8 heteroatoms. The Morgan fingerprint density at radius 2 is 2.24 bits per heavy atom. The van der Waals surface area contributed by atoms with E-state index in [1.54, 1.807) is 0 Å². The molecule has 0 aromatic carbocycles. The lowest BCUT2D eigenvalue weighted by Crippen LogP contribution is -2.28. The predicted octanol–water partition coefficient (Wildman–Crippen LogP) is 1.83. The quantitative estimate of drug-likeness (QED) is 0.428. The van der Waals surface area contributed by atoms with E-state index in [0.717, 1.165) is 25.2 Å². The molecule has 1 rings (SSSR count). The summed E-state index contributed by atoms with van der Waals surface area (Å²) < 4.78 is 0. The van der Waals surface area contributed by atoms with E-state index in [-0.39, 0.29) is 17.1 Å². The van der Waals surface area contributed by atoms with Crippen LogP contribution in [0.4, 0.5) is 11.5 Å². The van der Waals surface area contributed by atoms with Gasteiger partial charge in [-0.25, -0.2) is 9.78 Å². The molecule has 0 fully saturated rings. The summed E-state index contributed by atoms with van der Waals surface area (Å²) in [6, 6.07) is 1.45. The van der Waals surface area contributed by atoms with Crippen LogP contribution >= 0.6 is 0 Å². The summed E-state index contributed by atoms with van der Waals surface area (Å²) in [5, 5.41) is 22.7. The second-order valence-electron chi connectivity index (χ2n) is 5.01. The molecule has 8 nitrogen and oxygen atoms in total. The molecule has 0 bridgehead atoms. The molecule has 0 atom stereocenters. The minimum atomic E-state index is -1.24. The minimum Gasteiger partial charge on any atom is -0.478 e. The van der Waals surface area contributed by atoms with Crippen molar-refractivity contribution in [2.75, 3.05) is 25.5 Å². The van der Waals surface area contributed by atoms with E-state index in [0.29, 0.717) is 12.6 Å². The number of anilines is 1. The van der Waals surface area contributed by atoms with Crippen LogP contribution in [0.3, 0.4) is 0 Å². The van der Waals surface area contributed by atoms with Gasteiger partial charge in [-0.05, 0) is 33.9 Å². The van der Waals surface area contributed by atoms with Crippen molar-refractivity contribution in [3.05, 3.63) is 27.9 Å². The van der Waals surface area contributed by atoms with E-state index in [9.17, 15) is 14.9 Å². The molecule has 0 amide bonds. The van der Waals surface area contributed by atoms with Crippen molar-refractivity contribution in [3.63, 3.8) is 0 Å². The molecule has 21 heavy (non-hydrogen) atoms. The van der Waals surface area contributed by atoms with Crippen LogP contribution in [0.2, 0.25) is 0 Å². The zero-order valence-corrected chi connectivity index (χ0v) is 12.4. The standard InChI is InChI=1S/C13H20N4O4/c1-9(2)16(3)6-4-5-14-12-11(17(20)21)7-10(8-15-12)13(18)19/h7-9H,4-6H2,1-3H3,(H,14,15)(H,18,19). The molecule has 0 unspecified atom stereocenters. The molecule has 0 radical (unpaired) electrons. The van der Waals surface area contributed by atoms with E-state index < -0.39 is 10.9 Å². The fraction of sp³-hybridized carbons (Fsp3) is 0.538. The third-order valence-electron chi connectivity index (χ3n) is 3.17. The highest BCUT2D eigenvalue weighted by atomic mass is 16.6. The number of hydrogen-bond acceptors (Lipinski definition) is 6. The first kappa shape index (κ1) is 16.8. The van der Waals surface area contributed by atoms with Crippen LogP contribution in [-0.2, 0) is 0 Å². The highest BCUT2D eigenvalue weighted by Gasteiger charge is 2.18. The number of hydrogen-bond donors (Lipinski definition) is 2. The van der Waals surface area contributed by atoms with Crippen LogP contribution in [0.25, 0.3) is 0 Å². The average molecular weight is 296 g/mol. The number of aromatic nitrogens is 1. The molecule has 0 aliphatic carbocycles. The summed E-state index contributed by atoms with van der Waals surface area (Å²) in [5.74, 6) is -1.15. The first-order chi connectivity index (χ1) is 9.82. The predicted molar refractivity (Wildman–Crippen MR) is 78.7 cm³/mol. The van der Waals surface area contributed by atoms with Gasteiger partial charge >= 0.3 is 11.7 Å². The Balaban J connectivity index is 2.66. The Morgan fingerprint density at radius 3 is 2.76 bits per heavy atom. The van der Waals surface area contributed by atoms with E-state index in [4.69, 9.17) is 5.11 Å². The van der Waals surface area contributed by atoms with Crippen molar-refractivity contribution in [1.82, 2.24) is 9.88 Å². The van der Waals surface area contributed by atoms with Gasteiger partial charge in [0.05, 0.1) is 10.5 Å². The largest absolute Gasteiger partial charge is 0.478 e. The maximum absolute atomic E-state index is 11.0. The second kappa shape index (κ2) is 7.53. The lowest BCUT2D eigenvalue weighted by atomic mass is 10.2. The lowest BCUT2D eigenvalue weighted by Gasteiger charge is -2.20. The highest BCUT2D eigenvalue weighted by molar-refractivity contribution is 5.88. The van der Waals surface area contributed by atoms with Crippen LogP contribution in [0, 0.1) is 10.1 Å².